The van der Waals surface area contributed by atoms with Gasteiger partial charge in [0, 0.05) is 57.0 Å². The molecule has 0 saturated carbocycles. The number of ether oxygens (including phenoxy) is 2. The molecule has 4 rings (SSSR count). The van der Waals surface area contributed by atoms with Crippen LogP contribution in [0.1, 0.15) is 36.0 Å². The van der Waals surface area contributed by atoms with E-state index >= 15 is 0 Å². The molecule has 41 heavy (non-hydrogen) atoms. The van der Waals surface area contributed by atoms with Gasteiger partial charge < -0.3 is 19.3 Å². The van der Waals surface area contributed by atoms with E-state index in [1.807, 2.05) is 12.1 Å². The highest BCUT2D eigenvalue weighted by molar-refractivity contribution is 7.89. The van der Waals surface area contributed by atoms with E-state index < -0.39 is 10.0 Å². The van der Waals surface area contributed by atoms with Gasteiger partial charge >= 0.3 is 0 Å². The first-order chi connectivity index (χ1) is 19.5. The first-order valence-corrected chi connectivity index (χ1v) is 16.0. The minimum atomic E-state index is -3.72. The lowest BCUT2D eigenvalue weighted by Gasteiger charge is -2.25. The predicted molar refractivity (Wildman–Crippen MR) is 162 cm³/mol. The van der Waals surface area contributed by atoms with Gasteiger partial charge in [-0.3, -0.25) is 9.69 Å². The quantitative estimate of drug-likeness (QED) is 0.339. The van der Waals surface area contributed by atoms with E-state index in [9.17, 15) is 13.2 Å². The fourth-order valence-electron chi connectivity index (χ4n) is 5.76. The van der Waals surface area contributed by atoms with E-state index in [-0.39, 0.29) is 30.6 Å². The number of sulfonamides is 1. The fraction of sp³-hybridized carbons (Fsp3) is 0.567. The van der Waals surface area contributed by atoms with Gasteiger partial charge in [0.25, 0.3) is 0 Å². The predicted octanol–water partition coefficient (Wildman–Crippen LogP) is 3.94. The third-order valence-electron chi connectivity index (χ3n) is 8.17. The summed E-state index contributed by atoms with van der Waals surface area (Å²) in [5.41, 5.74) is 3.23. The Labute approximate surface area is 250 Å². The number of hydrogen-bond acceptors (Lipinski definition) is 7. The van der Waals surface area contributed by atoms with Crippen LogP contribution in [0, 0.1) is 13.8 Å². The normalized spacial score (nSPS) is 17.9. The number of halogens is 1. The van der Waals surface area contributed by atoms with E-state index in [0.29, 0.717) is 34.5 Å². The molecule has 2 aromatic carbocycles. The summed E-state index contributed by atoms with van der Waals surface area (Å²) < 4.78 is 38.4. The largest absolute Gasteiger partial charge is 0.497 e. The number of hydrogen-bond donors (Lipinski definition) is 0. The minimum absolute atomic E-state index is 0.0905. The summed E-state index contributed by atoms with van der Waals surface area (Å²) in [6.45, 7) is 8.40. The SMILES string of the molecule is COc1cc(C)c(S(=O)(=O)N(C)CCOCC(=O)N(C)Cc2ccc(N3CCC(N4CCCC4)C3)cc2Cl)c(C)c1. The molecule has 2 heterocycles. The summed E-state index contributed by atoms with van der Waals surface area (Å²) in [7, 11) is 1.05. The Morgan fingerprint density at radius 2 is 1.76 bits per heavy atom. The monoisotopic (exact) mass is 606 g/mol. The molecule has 11 heteroatoms. The highest BCUT2D eigenvalue weighted by Crippen LogP contribution is 2.30. The van der Waals surface area contributed by atoms with Crippen molar-refractivity contribution in [3.63, 3.8) is 0 Å². The Morgan fingerprint density at radius 1 is 1.07 bits per heavy atom. The Morgan fingerprint density at radius 3 is 2.39 bits per heavy atom. The third-order valence-corrected chi connectivity index (χ3v) is 10.7. The van der Waals surface area contributed by atoms with Crippen molar-refractivity contribution in [3.05, 3.63) is 52.0 Å². The van der Waals surface area contributed by atoms with Crippen molar-refractivity contribution in [2.45, 2.75) is 50.6 Å². The molecule has 2 saturated heterocycles. The zero-order valence-corrected chi connectivity index (χ0v) is 26.4. The van der Waals surface area contributed by atoms with Gasteiger partial charge in [0.05, 0.1) is 18.6 Å². The molecule has 0 aromatic heterocycles. The van der Waals surface area contributed by atoms with Gasteiger partial charge in [-0.15, -0.1) is 0 Å². The van der Waals surface area contributed by atoms with Crippen LogP contribution in [0.5, 0.6) is 5.75 Å². The number of amides is 1. The van der Waals surface area contributed by atoms with Crippen molar-refractivity contribution in [1.82, 2.24) is 14.1 Å². The number of rotatable bonds is 12. The average Bonchev–Trinajstić information content (AvgIpc) is 3.64. The standard InChI is InChI=1S/C30H43ClN4O5S/c1-22-16-27(39-5)17-23(2)30(22)41(37,38)33(4)14-15-40-21-29(36)32(3)19-24-8-9-25(18-28(24)31)35-13-10-26(20-35)34-11-6-7-12-34/h8-9,16-18,26H,6-7,10-15,19-21H2,1-5H3. The average molecular weight is 607 g/mol. The van der Waals surface area contributed by atoms with Crippen molar-refractivity contribution < 1.29 is 22.7 Å². The van der Waals surface area contributed by atoms with Gasteiger partial charge in [-0.1, -0.05) is 17.7 Å². The second-order valence-corrected chi connectivity index (χ2v) is 13.5. The summed E-state index contributed by atoms with van der Waals surface area (Å²) in [6, 6.07) is 10.1. The number of aryl methyl sites for hydroxylation is 2. The van der Waals surface area contributed by atoms with Crippen LogP contribution < -0.4 is 9.64 Å². The summed E-state index contributed by atoms with van der Waals surface area (Å²) in [5.74, 6) is 0.410. The van der Waals surface area contributed by atoms with Crippen LogP contribution >= 0.6 is 11.6 Å². The smallest absolute Gasteiger partial charge is 0.248 e. The molecule has 0 spiro atoms. The Balaban J connectivity index is 1.24. The van der Waals surface area contributed by atoms with Crippen molar-refractivity contribution in [1.29, 1.82) is 0 Å². The summed E-state index contributed by atoms with van der Waals surface area (Å²) in [6.07, 6.45) is 3.79. The maximum atomic E-state index is 13.2. The van der Waals surface area contributed by atoms with Crippen LogP contribution in [0.3, 0.4) is 0 Å². The highest BCUT2D eigenvalue weighted by atomic mass is 35.5. The number of likely N-dealkylation sites (N-methyl/N-ethyl adjacent to an activating group) is 2. The topological polar surface area (TPSA) is 82.6 Å². The molecule has 2 aliphatic rings. The van der Waals surface area contributed by atoms with E-state index in [4.69, 9.17) is 21.1 Å². The van der Waals surface area contributed by atoms with Crippen molar-refractivity contribution in [3.8, 4) is 5.75 Å². The molecule has 0 N–H and O–H groups in total. The van der Waals surface area contributed by atoms with Crippen molar-refractivity contribution in [2.75, 3.05) is 72.0 Å². The number of carbonyl (C=O) groups excluding carboxylic acids is 1. The summed E-state index contributed by atoms with van der Waals surface area (Å²) in [5, 5.41) is 0.642. The molecule has 0 bridgehead atoms. The first-order valence-electron chi connectivity index (χ1n) is 14.2. The zero-order valence-electron chi connectivity index (χ0n) is 24.9. The van der Waals surface area contributed by atoms with Gasteiger partial charge in [0.15, 0.2) is 0 Å². The lowest BCUT2D eigenvalue weighted by molar-refractivity contribution is -0.135. The molecule has 2 aliphatic heterocycles. The Kier molecular flexibility index (Phi) is 10.6. The van der Waals surface area contributed by atoms with Crippen LogP contribution in [0.25, 0.3) is 0 Å². The molecule has 0 radical (unpaired) electrons. The second kappa shape index (κ2) is 13.7. The number of anilines is 1. The van der Waals surface area contributed by atoms with Crippen LogP contribution in [0.2, 0.25) is 5.02 Å². The molecule has 9 nitrogen and oxygen atoms in total. The van der Waals surface area contributed by atoms with E-state index in [2.05, 4.69) is 15.9 Å². The maximum absolute atomic E-state index is 13.2. The Hall–Kier alpha value is -2.37. The number of likely N-dealkylation sites (tertiary alicyclic amines) is 1. The van der Waals surface area contributed by atoms with Gasteiger partial charge in [-0.05, 0) is 87.2 Å². The van der Waals surface area contributed by atoms with Crippen LogP contribution in [-0.4, -0.2) is 102 Å². The first kappa shape index (κ1) is 31.6. The van der Waals surface area contributed by atoms with E-state index in [0.717, 1.165) is 24.3 Å². The van der Waals surface area contributed by atoms with E-state index in [1.54, 1.807) is 45.0 Å². The summed E-state index contributed by atoms with van der Waals surface area (Å²) in [4.78, 5) is 19.6. The molecular weight excluding hydrogens is 564 g/mol. The number of carbonyl (C=O) groups is 1. The zero-order chi connectivity index (χ0) is 29.7. The molecule has 0 aliphatic carbocycles. The molecule has 1 unspecified atom stereocenters. The summed E-state index contributed by atoms with van der Waals surface area (Å²) >= 11 is 6.64. The molecule has 1 amide bonds. The highest BCUT2D eigenvalue weighted by Gasteiger charge is 2.30. The third kappa shape index (κ3) is 7.53. The molecule has 1 atom stereocenters. The Bertz CT molecular complexity index is 1310. The fourth-order valence-corrected chi connectivity index (χ4v) is 7.55. The van der Waals surface area contributed by atoms with Gasteiger partial charge in [-0.2, -0.15) is 4.31 Å². The number of nitrogens with zero attached hydrogens (tertiary/aromatic N) is 4. The lowest BCUT2D eigenvalue weighted by Crippen LogP contribution is -2.35. The maximum Gasteiger partial charge on any atom is 0.248 e. The van der Waals surface area contributed by atoms with Crippen molar-refractivity contribution >= 4 is 33.2 Å². The molecular formula is C30H43ClN4O5S. The number of benzene rings is 2. The molecule has 226 valence electrons. The second-order valence-electron chi connectivity index (χ2n) is 11.1. The van der Waals surface area contributed by atoms with Gasteiger partial charge in [-0.25, -0.2) is 8.42 Å². The van der Waals surface area contributed by atoms with Crippen molar-refractivity contribution in [2.24, 2.45) is 0 Å². The van der Waals surface area contributed by atoms with Crippen LogP contribution in [0.15, 0.2) is 35.2 Å². The molecule has 2 aromatic rings. The van der Waals surface area contributed by atoms with Crippen LogP contribution in [0.4, 0.5) is 5.69 Å². The minimum Gasteiger partial charge on any atom is -0.497 e. The van der Waals surface area contributed by atoms with Crippen LogP contribution in [-0.2, 0) is 26.1 Å². The number of methoxy groups -OCH3 is 1. The molecule has 2 fully saturated rings. The van der Waals surface area contributed by atoms with E-state index in [1.165, 1.54) is 43.7 Å². The van der Waals surface area contributed by atoms with Gasteiger partial charge in [0.1, 0.15) is 12.4 Å². The lowest BCUT2D eigenvalue weighted by atomic mass is 10.1. The van der Waals surface area contributed by atoms with Gasteiger partial charge in [0.2, 0.25) is 15.9 Å².